The molecule has 1 aromatic carbocycles. The van der Waals surface area contributed by atoms with Gasteiger partial charge < -0.3 is 9.88 Å². The third kappa shape index (κ3) is 4.00. The molecular formula is C21H24BrFN2O2. The number of nitrogens with zero attached hydrogens (tertiary/aromatic N) is 1. The summed E-state index contributed by atoms with van der Waals surface area (Å²) in [4.78, 5) is 25.7. The summed E-state index contributed by atoms with van der Waals surface area (Å²) >= 11 is 3.36. The van der Waals surface area contributed by atoms with Crippen LogP contribution in [0.5, 0.6) is 0 Å². The molecule has 2 aromatic rings. The highest BCUT2D eigenvalue weighted by Gasteiger charge is 2.34. The van der Waals surface area contributed by atoms with E-state index in [1.807, 2.05) is 13.8 Å². The van der Waals surface area contributed by atoms with Crippen molar-refractivity contribution in [2.75, 3.05) is 0 Å². The largest absolute Gasteiger partial charge is 0.345 e. The zero-order chi connectivity index (χ0) is 19.7. The highest BCUT2D eigenvalue weighted by molar-refractivity contribution is 9.10. The van der Waals surface area contributed by atoms with Crippen LogP contribution in [-0.2, 0) is 6.54 Å². The summed E-state index contributed by atoms with van der Waals surface area (Å²) in [5.74, 6) is -0.122. The molecule has 1 N–H and O–H groups in total. The molecule has 0 bridgehead atoms. The molecule has 3 rings (SSSR count). The first kappa shape index (κ1) is 19.8. The maximum Gasteiger partial charge on any atom is 0.265 e. The minimum atomic E-state index is -0.290. The van der Waals surface area contributed by atoms with Crippen LogP contribution in [0.25, 0.3) is 0 Å². The van der Waals surface area contributed by atoms with Crippen molar-refractivity contribution in [3.63, 3.8) is 0 Å². The Morgan fingerprint density at radius 2 is 1.93 bits per heavy atom. The number of carbonyl (C=O) groups excluding carboxylic acids is 1. The molecule has 27 heavy (non-hydrogen) atoms. The van der Waals surface area contributed by atoms with Crippen molar-refractivity contribution >= 4 is 21.8 Å². The molecular weight excluding hydrogens is 411 g/mol. The van der Waals surface area contributed by atoms with Crippen LogP contribution < -0.4 is 10.9 Å². The van der Waals surface area contributed by atoms with Gasteiger partial charge in [0, 0.05) is 12.2 Å². The molecule has 0 aliphatic heterocycles. The molecule has 1 heterocycles. The van der Waals surface area contributed by atoms with E-state index in [0.717, 1.165) is 24.8 Å². The number of halogens is 2. The second-order valence-corrected chi connectivity index (χ2v) is 7.99. The topological polar surface area (TPSA) is 51.1 Å². The Hall–Kier alpha value is -1.95. The standard InChI is InChI=1S/C21H24BrFN2O2/c1-4-11-25-13(3)17(12(2)18(22)21(25)27)20(26)24-19(14-5-6-14)15-7-9-16(23)10-8-15/h7-10,14,19H,4-6,11H2,1-3H3,(H,24,26)/t19-/m0/s1. The molecule has 6 heteroatoms. The molecule has 1 fully saturated rings. The van der Waals surface area contributed by atoms with E-state index >= 15 is 0 Å². The van der Waals surface area contributed by atoms with Crippen LogP contribution in [0.15, 0.2) is 33.5 Å². The van der Waals surface area contributed by atoms with Crippen molar-refractivity contribution in [1.82, 2.24) is 9.88 Å². The van der Waals surface area contributed by atoms with Gasteiger partial charge in [-0.25, -0.2) is 4.39 Å². The maximum atomic E-state index is 13.3. The average molecular weight is 435 g/mol. The fourth-order valence-electron chi connectivity index (χ4n) is 3.56. The SMILES string of the molecule is CCCn1c(C)c(C(=O)N[C@H](c2ccc(F)cc2)C2CC2)c(C)c(Br)c1=O. The first-order valence-corrected chi connectivity index (χ1v) is 10.1. The minimum Gasteiger partial charge on any atom is -0.345 e. The first-order valence-electron chi connectivity index (χ1n) is 9.31. The molecule has 1 aliphatic rings. The Kier molecular flexibility index (Phi) is 5.84. The lowest BCUT2D eigenvalue weighted by atomic mass is 10.0. The molecule has 1 aromatic heterocycles. The smallest absolute Gasteiger partial charge is 0.265 e. The zero-order valence-electron chi connectivity index (χ0n) is 15.8. The number of nitrogens with one attached hydrogen (secondary N) is 1. The van der Waals surface area contributed by atoms with Crippen molar-refractivity contribution < 1.29 is 9.18 Å². The predicted molar refractivity (Wildman–Crippen MR) is 107 cm³/mol. The number of carbonyl (C=O) groups is 1. The van der Waals surface area contributed by atoms with E-state index in [1.165, 1.54) is 12.1 Å². The molecule has 0 saturated heterocycles. The van der Waals surface area contributed by atoms with E-state index in [9.17, 15) is 14.0 Å². The minimum absolute atomic E-state index is 0.110. The summed E-state index contributed by atoms with van der Waals surface area (Å²) in [5, 5.41) is 3.13. The number of pyridine rings is 1. The molecule has 0 unspecified atom stereocenters. The molecule has 4 nitrogen and oxygen atoms in total. The lowest BCUT2D eigenvalue weighted by molar-refractivity contribution is 0.0929. The fraction of sp³-hybridized carbons (Fsp3) is 0.429. The molecule has 0 spiro atoms. The molecule has 144 valence electrons. The van der Waals surface area contributed by atoms with E-state index in [-0.39, 0.29) is 23.3 Å². The van der Waals surface area contributed by atoms with Gasteiger partial charge in [-0.05, 0) is 78.2 Å². The van der Waals surface area contributed by atoms with Gasteiger partial charge in [-0.2, -0.15) is 0 Å². The number of hydrogen-bond acceptors (Lipinski definition) is 2. The van der Waals surface area contributed by atoms with Gasteiger partial charge in [-0.1, -0.05) is 19.1 Å². The summed E-state index contributed by atoms with van der Waals surface area (Å²) < 4.78 is 15.4. The maximum absolute atomic E-state index is 13.3. The Morgan fingerprint density at radius 3 is 2.48 bits per heavy atom. The Balaban J connectivity index is 1.97. The lowest BCUT2D eigenvalue weighted by Gasteiger charge is -2.22. The summed E-state index contributed by atoms with van der Waals surface area (Å²) in [5.41, 5.74) is 2.65. The normalized spacial score (nSPS) is 14.9. The van der Waals surface area contributed by atoms with Crippen molar-refractivity contribution in [3.05, 3.63) is 67.3 Å². The summed E-state index contributed by atoms with van der Waals surface area (Å²) in [6.07, 6.45) is 2.89. The monoisotopic (exact) mass is 434 g/mol. The van der Waals surface area contributed by atoms with Gasteiger partial charge in [-0.15, -0.1) is 0 Å². The van der Waals surface area contributed by atoms with E-state index < -0.39 is 0 Å². The summed E-state index contributed by atoms with van der Waals surface area (Å²) in [7, 11) is 0. The van der Waals surface area contributed by atoms with Gasteiger partial charge >= 0.3 is 0 Å². The van der Waals surface area contributed by atoms with Crippen LogP contribution in [0, 0.1) is 25.6 Å². The van der Waals surface area contributed by atoms with Crippen molar-refractivity contribution in [1.29, 1.82) is 0 Å². The van der Waals surface area contributed by atoms with E-state index in [2.05, 4.69) is 21.2 Å². The number of benzene rings is 1. The van der Waals surface area contributed by atoms with Gasteiger partial charge in [0.15, 0.2) is 0 Å². The quantitative estimate of drug-likeness (QED) is 0.718. The molecule has 1 amide bonds. The highest BCUT2D eigenvalue weighted by Crippen LogP contribution is 2.41. The van der Waals surface area contributed by atoms with Crippen molar-refractivity contribution in [3.8, 4) is 0 Å². The molecule has 0 radical (unpaired) electrons. The second kappa shape index (κ2) is 7.97. The number of rotatable bonds is 6. The van der Waals surface area contributed by atoms with Gasteiger partial charge in [0.2, 0.25) is 0 Å². The van der Waals surface area contributed by atoms with Gasteiger partial charge in [0.25, 0.3) is 11.5 Å². The van der Waals surface area contributed by atoms with E-state index in [1.54, 1.807) is 23.6 Å². The van der Waals surface area contributed by atoms with Gasteiger partial charge in [0.05, 0.1) is 16.1 Å². The molecule has 1 saturated carbocycles. The molecule has 1 aliphatic carbocycles. The Bertz CT molecular complexity index is 917. The average Bonchev–Trinajstić information content (AvgIpc) is 3.47. The lowest BCUT2D eigenvalue weighted by Crippen LogP contribution is -2.34. The fourth-order valence-corrected chi connectivity index (χ4v) is 3.97. The Labute approximate surface area is 166 Å². The van der Waals surface area contributed by atoms with E-state index in [4.69, 9.17) is 0 Å². The summed E-state index contributed by atoms with van der Waals surface area (Å²) in [6, 6.07) is 6.15. The van der Waals surface area contributed by atoms with Crippen molar-refractivity contribution in [2.24, 2.45) is 5.92 Å². The zero-order valence-corrected chi connectivity index (χ0v) is 17.4. The van der Waals surface area contributed by atoms with Crippen LogP contribution >= 0.6 is 15.9 Å². The van der Waals surface area contributed by atoms with Crippen LogP contribution in [0.1, 0.15) is 59.4 Å². The molecule has 1 atom stereocenters. The van der Waals surface area contributed by atoms with E-state index in [0.29, 0.717) is 33.8 Å². The third-order valence-electron chi connectivity index (χ3n) is 5.19. The van der Waals surface area contributed by atoms with Crippen molar-refractivity contribution in [2.45, 2.75) is 52.6 Å². The predicted octanol–water partition coefficient (Wildman–Crippen LogP) is 4.66. The number of amides is 1. The number of hydrogen-bond donors (Lipinski definition) is 1. The summed E-state index contributed by atoms with van der Waals surface area (Å²) in [6.45, 7) is 6.16. The highest BCUT2D eigenvalue weighted by atomic mass is 79.9. The third-order valence-corrected chi connectivity index (χ3v) is 6.12. The van der Waals surface area contributed by atoms with Crippen LogP contribution in [0.4, 0.5) is 4.39 Å². The second-order valence-electron chi connectivity index (χ2n) is 7.20. The first-order chi connectivity index (χ1) is 12.8. The van der Waals surface area contributed by atoms with Crippen LogP contribution in [0.3, 0.4) is 0 Å². The van der Waals surface area contributed by atoms with Crippen LogP contribution in [0.2, 0.25) is 0 Å². The van der Waals surface area contributed by atoms with Gasteiger partial charge in [-0.3, -0.25) is 9.59 Å². The number of aromatic nitrogens is 1. The Morgan fingerprint density at radius 1 is 1.30 bits per heavy atom. The van der Waals surface area contributed by atoms with Crippen LogP contribution in [-0.4, -0.2) is 10.5 Å². The van der Waals surface area contributed by atoms with Gasteiger partial charge in [0.1, 0.15) is 5.82 Å².